The van der Waals surface area contributed by atoms with Crippen LogP contribution in [0.5, 0.6) is 0 Å². The van der Waals surface area contributed by atoms with Gasteiger partial charge in [0, 0.05) is 34.3 Å². The van der Waals surface area contributed by atoms with Crippen molar-refractivity contribution in [1.82, 2.24) is 0 Å². The molecule has 1 aromatic rings. The highest BCUT2D eigenvalue weighted by Crippen LogP contribution is 2.31. The molecule has 0 bridgehead atoms. The second-order valence-electron chi connectivity index (χ2n) is 4.03. The molecule has 0 aliphatic carbocycles. The Morgan fingerprint density at radius 3 is 2.78 bits per heavy atom. The van der Waals surface area contributed by atoms with Crippen molar-refractivity contribution in [3.63, 3.8) is 0 Å². The van der Waals surface area contributed by atoms with Gasteiger partial charge in [-0.1, -0.05) is 6.92 Å². The summed E-state index contributed by atoms with van der Waals surface area (Å²) in [6, 6.07) is 3.45. The van der Waals surface area contributed by atoms with Crippen molar-refractivity contribution < 1.29 is 4.92 Å². The molecule has 0 amide bonds. The predicted octanol–water partition coefficient (Wildman–Crippen LogP) is 3.88. The van der Waals surface area contributed by atoms with Crippen molar-refractivity contribution in [2.75, 3.05) is 5.32 Å². The first-order valence-electron chi connectivity index (χ1n) is 5.64. The van der Waals surface area contributed by atoms with Crippen LogP contribution >= 0.6 is 15.9 Å². The maximum Gasteiger partial charge on any atom is 0.273 e. The molecule has 1 aromatic carbocycles. The van der Waals surface area contributed by atoms with E-state index >= 15 is 0 Å². The van der Waals surface area contributed by atoms with Crippen LogP contribution in [0.1, 0.15) is 25.3 Å². The Balaban J connectivity index is 3.01. The normalized spacial score (nSPS) is 11.7. The number of hydrogen-bond donors (Lipinski definition) is 1. The molecule has 4 nitrogen and oxygen atoms in total. The Kier molecular flexibility index (Phi) is 5.17. The van der Waals surface area contributed by atoms with Crippen molar-refractivity contribution in [2.45, 2.75) is 32.7 Å². The number of nitro groups is 1. The maximum absolute atomic E-state index is 10.8. The van der Waals surface area contributed by atoms with Crippen molar-refractivity contribution in [2.24, 2.45) is 0 Å². The molecule has 1 atom stereocenters. The summed E-state index contributed by atoms with van der Waals surface area (Å²) in [6.45, 7) is 3.76. The molecule has 0 heterocycles. The number of nitrogens with zero attached hydrogens (tertiary/aromatic N) is 1. The van der Waals surface area contributed by atoms with Gasteiger partial charge in [0.1, 0.15) is 0 Å². The molecule has 96 valence electrons. The molecule has 0 spiro atoms. The number of terminal acetylenes is 1. The molecule has 1 N–H and O–H groups in total. The van der Waals surface area contributed by atoms with Crippen LogP contribution in [0.15, 0.2) is 16.6 Å². The SMILES string of the molecule is C#CCC(CC)Nc1cc(C)c([N+](=O)[O-])cc1Br. The number of halogens is 1. The molecule has 0 aromatic heterocycles. The zero-order chi connectivity index (χ0) is 13.7. The smallest absolute Gasteiger partial charge is 0.273 e. The maximum atomic E-state index is 10.8. The fourth-order valence-corrected chi connectivity index (χ4v) is 2.08. The third-order valence-electron chi connectivity index (χ3n) is 2.70. The summed E-state index contributed by atoms with van der Waals surface area (Å²) in [5.41, 5.74) is 1.57. The second-order valence-corrected chi connectivity index (χ2v) is 4.89. The number of rotatable bonds is 5. The van der Waals surface area contributed by atoms with E-state index in [1.54, 1.807) is 13.0 Å². The lowest BCUT2D eigenvalue weighted by Crippen LogP contribution is -2.18. The first kappa shape index (κ1) is 14.5. The largest absolute Gasteiger partial charge is 0.380 e. The lowest BCUT2D eigenvalue weighted by Gasteiger charge is -2.17. The van der Waals surface area contributed by atoms with Crippen LogP contribution < -0.4 is 5.32 Å². The molecule has 5 heteroatoms. The summed E-state index contributed by atoms with van der Waals surface area (Å²) in [7, 11) is 0. The lowest BCUT2D eigenvalue weighted by atomic mass is 10.1. The van der Waals surface area contributed by atoms with Gasteiger partial charge < -0.3 is 5.32 Å². The number of anilines is 1. The quantitative estimate of drug-likeness (QED) is 0.510. The van der Waals surface area contributed by atoms with Crippen molar-refractivity contribution in [3.8, 4) is 12.3 Å². The average molecular weight is 311 g/mol. The number of nitro benzene ring substituents is 1. The van der Waals surface area contributed by atoms with E-state index in [2.05, 4.69) is 27.2 Å². The summed E-state index contributed by atoms with van der Waals surface area (Å²) in [6.07, 6.45) is 6.82. The molecule has 0 saturated heterocycles. The highest BCUT2D eigenvalue weighted by Gasteiger charge is 2.15. The third kappa shape index (κ3) is 3.47. The van der Waals surface area contributed by atoms with E-state index in [-0.39, 0.29) is 16.7 Å². The topological polar surface area (TPSA) is 55.2 Å². The van der Waals surface area contributed by atoms with Crippen LogP contribution in [-0.4, -0.2) is 11.0 Å². The minimum Gasteiger partial charge on any atom is -0.380 e. The minimum atomic E-state index is -0.386. The van der Waals surface area contributed by atoms with E-state index in [1.165, 1.54) is 6.07 Å². The predicted molar refractivity (Wildman–Crippen MR) is 76.7 cm³/mol. The van der Waals surface area contributed by atoms with Gasteiger partial charge in [0.15, 0.2) is 0 Å². The monoisotopic (exact) mass is 310 g/mol. The van der Waals surface area contributed by atoms with Crippen LogP contribution in [0, 0.1) is 29.4 Å². The van der Waals surface area contributed by atoms with Gasteiger partial charge in [-0.25, -0.2) is 0 Å². The van der Waals surface area contributed by atoms with Crippen LogP contribution in [0.4, 0.5) is 11.4 Å². The second kappa shape index (κ2) is 6.41. The molecule has 18 heavy (non-hydrogen) atoms. The highest BCUT2D eigenvalue weighted by atomic mass is 79.9. The standard InChI is InChI=1S/C13H15BrN2O2/c1-4-6-10(5-2)15-12-7-9(3)13(16(17)18)8-11(12)14/h1,7-8,10,15H,5-6H2,2-3H3. The number of benzene rings is 1. The Morgan fingerprint density at radius 2 is 2.28 bits per heavy atom. The zero-order valence-electron chi connectivity index (χ0n) is 10.4. The summed E-state index contributed by atoms with van der Waals surface area (Å²) < 4.78 is 0.676. The molecule has 1 rings (SSSR count). The molecular weight excluding hydrogens is 296 g/mol. The van der Waals surface area contributed by atoms with Crippen molar-refractivity contribution in [3.05, 3.63) is 32.3 Å². The molecule has 0 radical (unpaired) electrons. The summed E-state index contributed by atoms with van der Waals surface area (Å²) >= 11 is 3.34. The van der Waals surface area contributed by atoms with E-state index in [9.17, 15) is 10.1 Å². The van der Waals surface area contributed by atoms with Crippen LogP contribution in [-0.2, 0) is 0 Å². The molecule has 0 aliphatic rings. The van der Waals surface area contributed by atoms with Crippen LogP contribution in [0.3, 0.4) is 0 Å². The van der Waals surface area contributed by atoms with E-state index in [0.717, 1.165) is 12.1 Å². The van der Waals surface area contributed by atoms with Gasteiger partial charge in [0.2, 0.25) is 0 Å². The molecule has 0 aliphatic heterocycles. The zero-order valence-corrected chi connectivity index (χ0v) is 12.0. The Bertz CT molecular complexity index is 494. The Morgan fingerprint density at radius 1 is 1.61 bits per heavy atom. The minimum absolute atomic E-state index is 0.109. The van der Waals surface area contributed by atoms with Gasteiger partial charge in [-0.3, -0.25) is 10.1 Å². The van der Waals surface area contributed by atoms with E-state index in [4.69, 9.17) is 6.42 Å². The first-order valence-corrected chi connectivity index (χ1v) is 6.43. The summed E-state index contributed by atoms with van der Waals surface area (Å²) in [5, 5.41) is 14.1. The number of aryl methyl sites for hydroxylation is 1. The van der Waals surface area contributed by atoms with Gasteiger partial charge in [-0.05, 0) is 35.3 Å². The number of hydrogen-bond acceptors (Lipinski definition) is 3. The van der Waals surface area contributed by atoms with Gasteiger partial charge in [-0.2, -0.15) is 0 Å². The van der Waals surface area contributed by atoms with Gasteiger partial charge in [-0.15, -0.1) is 12.3 Å². The van der Waals surface area contributed by atoms with Gasteiger partial charge in [0.25, 0.3) is 5.69 Å². The third-order valence-corrected chi connectivity index (χ3v) is 3.36. The molecule has 0 fully saturated rings. The highest BCUT2D eigenvalue weighted by molar-refractivity contribution is 9.10. The molecule has 1 unspecified atom stereocenters. The fraction of sp³-hybridized carbons (Fsp3) is 0.385. The van der Waals surface area contributed by atoms with E-state index in [1.807, 2.05) is 6.92 Å². The number of nitrogens with one attached hydrogen (secondary N) is 1. The van der Waals surface area contributed by atoms with Crippen LogP contribution in [0.2, 0.25) is 0 Å². The average Bonchev–Trinajstić information content (AvgIpc) is 2.32. The lowest BCUT2D eigenvalue weighted by molar-refractivity contribution is -0.385. The molecule has 0 saturated carbocycles. The van der Waals surface area contributed by atoms with Crippen molar-refractivity contribution in [1.29, 1.82) is 0 Å². The van der Waals surface area contributed by atoms with E-state index in [0.29, 0.717) is 16.5 Å². The van der Waals surface area contributed by atoms with Crippen LogP contribution in [0.25, 0.3) is 0 Å². The fourth-order valence-electron chi connectivity index (χ4n) is 1.64. The van der Waals surface area contributed by atoms with Gasteiger partial charge >= 0.3 is 0 Å². The first-order chi connectivity index (χ1) is 8.49. The van der Waals surface area contributed by atoms with Gasteiger partial charge in [0.05, 0.1) is 4.92 Å². The summed E-state index contributed by atoms with van der Waals surface area (Å²) in [5.74, 6) is 2.62. The van der Waals surface area contributed by atoms with E-state index < -0.39 is 0 Å². The molecular formula is C13H15BrN2O2. The summed E-state index contributed by atoms with van der Waals surface area (Å²) in [4.78, 5) is 10.4. The Labute approximate surface area is 115 Å². The Hall–Kier alpha value is -1.54. The van der Waals surface area contributed by atoms with Crippen molar-refractivity contribution >= 4 is 27.3 Å².